The summed E-state index contributed by atoms with van der Waals surface area (Å²) >= 11 is 0. The van der Waals surface area contributed by atoms with Crippen molar-refractivity contribution in [3.63, 3.8) is 0 Å². The summed E-state index contributed by atoms with van der Waals surface area (Å²) in [6, 6.07) is 10.3. The largest absolute Gasteiger partial charge is 0.481 e. The maximum atomic E-state index is 12.4. The van der Waals surface area contributed by atoms with Crippen molar-refractivity contribution in [2.75, 3.05) is 6.54 Å². The van der Waals surface area contributed by atoms with E-state index in [0.717, 1.165) is 6.42 Å². The van der Waals surface area contributed by atoms with Crippen LogP contribution in [0.3, 0.4) is 0 Å². The number of benzene rings is 1. The van der Waals surface area contributed by atoms with Crippen LogP contribution in [0, 0.1) is 17.8 Å². The average Bonchev–Trinajstić information content (AvgIpc) is 3.23. The van der Waals surface area contributed by atoms with Crippen molar-refractivity contribution in [2.24, 2.45) is 17.8 Å². The molecule has 3 unspecified atom stereocenters. The predicted molar refractivity (Wildman–Crippen MR) is 83.4 cm³/mol. The topological polar surface area (TPSA) is 66.4 Å². The van der Waals surface area contributed by atoms with E-state index in [9.17, 15) is 14.7 Å². The Morgan fingerprint density at radius 3 is 2.41 bits per heavy atom. The lowest BCUT2D eigenvalue weighted by molar-refractivity contribution is -0.146. The van der Waals surface area contributed by atoms with Crippen LogP contribution in [0.4, 0.5) is 0 Å². The summed E-state index contributed by atoms with van der Waals surface area (Å²) in [4.78, 5) is 23.6. The van der Waals surface area contributed by atoms with E-state index >= 15 is 0 Å². The fourth-order valence-electron chi connectivity index (χ4n) is 3.67. The Kier molecular flexibility index (Phi) is 4.46. The molecular weight excluding hydrogens is 278 g/mol. The van der Waals surface area contributed by atoms with Crippen molar-refractivity contribution in [1.29, 1.82) is 0 Å². The molecule has 0 aliphatic heterocycles. The van der Waals surface area contributed by atoms with Gasteiger partial charge in [0.2, 0.25) is 5.91 Å². The van der Waals surface area contributed by atoms with Crippen LogP contribution in [0.2, 0.25) is 0 Å². The average molecular weight is 301 g/mol. The molecule has 2 saturated carbocycles. The van der Waals surface area contributed by atoms with Crippen LogP contribution in [0.1, 0.15) is 43.6 Å². The van der Waals surface area contributed by atoms with Crippen molar-refractivity contribution in [3.05, 3.63) is 35.9 Å². The molecule has 3 rings (SSSR count). The van der Waals surface area contributed by atoms with Crippen molar-refractivity contribution < 1.29 is 14.7 Å². The Morgan fingerprint density at radius 1 is 1.09 bits per heavy atom. The minimum atomic E-state index is -0.834. The van der Waals surface area contributed by atoms with E-state index in [1.54, 1.807) is 0 Å². The number of aliphatic carboxylic acids is 1. The molecule has 2 aliphatic rings. The van der Waals surface area contributed by atoms with Gasteiger partial charge in [-0.1, -0.05) is 36.8 Å². The molecule has 4 heteroatoms. The van der Waals surface area contributed by atoms with Crippen LogP contribution >= 0.6 is 0 Å². The van der Waals surface area contributed by atoms with E-state index in [1.807, 2.05) is 18.2 Å². The summed E-state index contributed by atoms with van der Waals surface area (Å²) in [7, 11) is 0. The molecule has 0 radical (unpaired) electrons. The van der Waals surface area contributed by atoms with Gasteiger partial charge < -0.3 is 10.4 Å². The van der Waals surface area contributed by atoms with Crippen LogP contribution in [-0.2, 0) is 9.59 Å². The normalized spacial score (nSPS) is 25.6. The number of carboxylic acid groups (broad SMARTS) is 1. The van der Waals surface area contributed by atoms with Gasteiger partial charge in [0.1, 0.15) is 0 Å². The molecule has 2 fully saturated rings. The molecule has 3 atom stereocenters. The Bertz CT molecular complexity index is 539. The summed E-state index contributed by atoms with van der Waals surface area (Å²) in [6.45, 7) is 0.621. The molecule has 22 heavy (non-hydrogen) atoms. The molecule has 4 nitrogen and oxygen atoms in total. The zero-order chi connectivity index (χ0) is 15.5. The molecule has 2 N–H and O–H groups in total. The molecule has 0 heterocycles. The molecule has 0 aromatic heterocycles. The van der Waals surface area contributed by atoms with Gasteiger partial charge in [0, 0.05) is 12.5 Å². The molecule has 118 valence electrons. The Balaban J connectivity index is 1.60. The smallest absolute Gasteiger partial charge is 0.307 e. The van der Waals surface area contributed by atoms with Crippen LogP contribution in [0.25, 0.3) is 0 Å². The highest BCUT2D eigenvalue weighted by molar-refractivity contribution is 5.85. The van der Waals surface area contributed by atoms with Gasteiger partial charge in [0.15, 0.2) is 0 Å². The van der Waals surface area contributed by atoms with E-state index in [-0.39, 0.29) is 11.8 Å². The van der Waals surface area contributed by atoms with Crippen LogP contribution in [0.15, 0.2) is 30.3 Å². The SMILES string of the molecule is O=C(O)C1CCCC1C(=O)NCC(c1ccccc1)C1CC1. The zero-order valence-corrected chi connectivity index (χ0v) is 12.7. The van der Waals surface area contributed by atoms with E-state index in [4.69, 9.17) is 0 Å². The predicted octanol–water partition coefficient (Wildman–Crippen LogP) is 2.80. The summed E-state index contributed by atoms with van der Waals surface area (Å²) < 4.78 is 0. The first-order valence-electron chi connectivity index (χ1n) is 8.22. The standard InChI is InChI=1S/C18H23NO3/c20-17(14-7-4-8-15(14)18(21)22)19-11-16(13-9-10-13)12-5-2-1-3-6-12/h1-3,5-6,13-16H,4,7-11H2,(H,19,20)(H,21,22). The van der Waals surface area contributed by atoms with Gasteiger partial charge in [-0.3, -0.25) is 9.59 Å². The minimum absolute atomic E-state index is 0.0773. The third-order valence-electron chi connectivity index (χ3n) is 5.08. The maximum Gasteiger partial charge on any atom is 0.307 e. The molecule has 1 aromatic rings. The third-order valence-corrected chi connectivity index (χ3v) is 5.08. The van der Waals surface area contributed by atoms with Gasteiger partial charge in [-0.2, -0.15) is 0 Å². The second kappa shape index (κ2) is 6.51. The zero-order valence-electron chi connectivity index (χ0n) is 12.7. The van der Waals surface area contributed by atoms with Gasteiger partial charge in [-0.15, -0.1) is 0 Å². The van der Waals surface area contributed by atoms with Gasteiger partial charge in [0.05, 0.1) is 11.8 Å². The molecule has 0 bridgehead atoms. The molecule has 0 saturated heterocycles. The second-order valence-electron chi connectivity index (χ2n) is 6.58. The number of carbonyl (C=O) groups is 2. The lowest BCUT2D eigenvalue weighted by Gasteiger charge is -2.20. The van der Waals surface area contributed by atoms with Crippen LogP contribution in [0.5, 0.6) is 0 Å². The van der Waals surface area contributed by atoms with Gasteiger partial charge in [-0.05, 0) is 37.2 Å². The molecule has 0 spiro atoms. The highest BCUT2D eigenvalue weighted by Crippen LogP contribution is 2.42. The summed E-state index contributed by atoms with van der Waals surface area (Å²) in [6.07, 6.45) is 4.59. The second-order valence-corrected chi connectivity index (χ2v) is 6.58. The summed E-state index contributed by atoms with van der Waals surface area (Å²) in [5, 5.41) is 12.2. The highest BCUT2D eigenvalue weighted by Gasteiger charge is 2.38. The molecular formula is C18H23NO3. The Hall–Kier alpha value is -1.84. The minimum Gasteiger partial charge on any atom is -0.481 e. The van der Waals surface area contributed by atoms with Gasteiger partial charge in [-0.25, -0.2) is 0 Å². The van der Waals surface area contributed by atoms with E-state index in [1.165, 1.54) is 18.4 Å². The maximum absolute atomic E-state index is 12.4. The fraction of sp³-hybridized carbons (Fsp3) is 0.556. The monoisotopic (exact) mass is 301 g/mol. The fourth-order valence-corrected chi connectivity index (χ4v) is 3.67. The molecule has 1 aromatic carbocycles. The number of carboxylic acids is 1. The van der Waals surface area contributed by atoms with E-state index < -0.39 is 11.9 Å². The molecule has 1 amide bonds. The van der Waals surface area contributed by atoms with Gasteiger partial charge >= 0.3 is 5.97 Å². The summed E-state index contributed by atoms with van der Waals surface area (Å²) in [5.41, 5.74) is 1.27. The lowest BCUT2D eigenvalue weighted by Crippen LogP contribution is -2.37. The number of nitrogens with one attached hydrogen (secondary N) is 1. The van der Waals surface area contributed by atoms with Gasteiger partial charge in [0.25, 0.3) is 0 Å². The number of carbonyl (C=O) groups excluding carboxylic acids is 1. The van der Waals surface area contributed by atoms with Crippen LogP contribution in [-0.4, -0.2) is 23.5 Å². The molecule has 2 aliphatic carbocycles. The van der Waals surface area contributed by atoms with E-state index in [0.29, 0.717) is 31.2 Å². The number of hydrogen-bond acceptors (Lipinski definition) is 2. The third kappa shape index (κ3) is 3.32. The van der Waals surface area contributed by atoms with E-state index in [2.05, 4.69) is 17.4 Å². The van der Waals surface area contributed by atoms with Crippen molar-refractivity contribution in [1.82, 2.24) is 5.32 Å². The first-order chi connectivity index (χ1) is 10.7. The quantitative estimate of drug-likeness (QED) is 0.849. The van der Waals surface area contributed by atoms with Crippen LogP contribution < -0.4 is 5.32 Å². The van der Waals surface area contributed by atoms with Crippen molar-refractivity contribution in [2.45, 2.75) is 38.0 Å². The number of hydrogen-bond donors (Lipinski definition) is 2. The Morgan fingerprint density at radius 2 is 1.77 bits per heavy atom. The first-order valence-corrected chi connectivity index (χ1v) is 8.22. The number of amides is 1. The first kappa shape index (κ1) is 15.1. The Labute approximate surface area is 130 Å². The summed E-state index contributed by atoms with van der Waals surface area (Å²) in [5.74, 6) is -0.758. The highest BCUT2D eigenvalue weighted by atomic mass is 16.4. The lowest BCUT2D eigenvalue weighted by atomic mass is 9.92. The number of rotatable bonds is 6. The van der Waals surface area contributed by atoms with Crippen molar-refractivity contribution >= 4 is 11.9 Å². The van der Waals surface area contributed by atoms with Crippen molar-refractivity contribution in [3.8, 4) is 0 Å².